The van der Waals surface area contributed by atoms with Crippen LogP contribution < -0.4 is 5.32 Å². The van der Waals surface area contributed by atoms with Crippen LogP contribution in [0.3, 0.4) is 0 Å². The first-order chi connectivity index (χ1) is 16.9. The molecule has 0 atom stereocenters. The Morgan fingerprint density at radius 2 is 1.77 bits per heavy atom. The fourth-order valence-corrected chi connectivity index (χ4v) is 4.41. The summed E-state index contributed by atoms with van der Waals surface area (Å²) in [4.78, 5) is 24.1. The largest absolute Gasteiger partial charge is 0.416 e. The molecule has 3 heterocycles. The van der Waals surface area contributed by atoms with E-state index < -0.39 is 17.6 Å². The van der Waals surface area contributed by atoms with Gasteiger partial charge < -0.3 is 5.32 Å². The molecule has 0 spiro atoms. The van der Waals surface area contributed by atoms with E-state index in [2.05, 4.69) is 20.2 Å². The zero-order chi connectivity index (χ0) is 24.4. The molecule has 1 fully saturated rings. The Bertz CT molecular complexity index is 1380. The van der Waals surface area contributed by atoms with E-state index in [9.17, 15) is 18.0 Å². The minimum atomic E-state index is -4.45. The zero-order valence-corrected chi connectivity index (χ0v) is 18.8. The van der Waals surface area contributed by atoms with E-state index in [1.165, 1.54) is 18.9 Å². The van der Waals surface area contributed by atoms with Gasteiger partial charge in [0.2, 0.25) is 0 Å². The molecule has 5 nitrogen and oxygen atoms in total. The average molecular weight is 477 g/mol. The summed E-state index contributed by atoms with van der Waals surface area (Å²) in [6.45, 7) is 2.91. The molecule has 2 aromatic carbocycles. The third-order valence-electron chi connectivity index (χ3n) is 6.11. The highest BCUT2D eigenvalue weighted by Crippen LogP contribution is 2.34. The molecule has 0 bridgehead atoms. The van der Waals surface area contributed by atoms with Crippen LogP contribution in [0, 0.1) is 0 Å². The van der Waals surface area contributed by atoms with Gasteiger partial charge in [0.05, 0.1) is 23.0 Å². The van der Waals surface area contributed by atoms with Crippen LogP contribution in [-0.4, -0.2) is 33.9 Å². The number of carbonyl (C=O) groups excluding carboxylic acids is 1. The number of amides is 1. The SMILES string of the molecule is O=C(Nc1cncc(CN2CCCC2)c1)c1ccc2cccc(-c3cccc(C(F)(F)F)c3)c2n1. The van der Waals surface area contributed by atoms with Crippen LogP contribution in [0.15, 0.2) is 73.1 Å². The molecule has 1 amide bonds. The zero-order valence-electron chi connectivity index (χ0n) is 18.8. The number of benzene rings is 2. The lowest BCUT2D eigenvalue weighted by Gasteiger charge is -2.15. The lowest BCUT2D eigenvalue weighted by atomic mass is 9.99. The van der Waals surface area contributed by atoms with Gasteiger partial charge in [0.1, 0.15) is 5.69 Å². The molecule has 8 heteroatoms. The predicted molar refractivity (Wildman–Crippen MR) is 129 cm³/mol. The molecular formula is C27H23F3N4O. The van der Waals surface area contributed by atoms with Gasteiger partial charge in [-0.3, -0.25) is 14.7 Å². The molecule has 2 aromatic heterocycles. The number of para-hydroxylation sites is 1. The number of carbonyl (C=O) groups is 1. The summed E-state index contributed by atoms with van der Waals surface area (Å²) >= 11 is 0. The highest BCUT2D eigenvalue weighted by Gasteiger charge is 2.30. The van der Waals surface area contributed by atoms with E-state index in [0.717, 1.165) is 42.7 Å². The number of aromatic nitrogens is 2. The third-order valence-corrected chi connectivity index (χ3v) is 6.11. The fraction of sp³-hybridized carbons (Fsp3) is 0.222. The van der Waals surface area contributed by atoms with Crippen LogP contribution in [0.2, 0.25) is 0 Å². The predicted octanol–water partition coefficient (Wildman–Crippen LogP) is 6.16. The number of nitrogens with one attached hydrogen (secondary N) is 1. The topological polar surface area (TPSA) is 58.1 Å². The average Bonchev–Trinajstić information content (AvgIpc) is 3.36. The van der Waals surface area contributed by atoms with Gasteiger partial charge in [0, 0.05) is 23.7 Å². The second kappa shape index (κ2) is 9.46. The molecule has 5 rings (SSSR count). The molecule has 0 aliphatic carbocycles. The lowest BCUT2D eigenvalue weighted by Crippen LogP contribution is -2.19. The molecule has 1 aliphatic rings. The van der Waals surface area contributed by atoms with Crippen molar-refractivity contribution in [2.45, 2.75) is 25.6 Å². The van der Waals surface area contributed by atoms with Crippen molar-refractivity contribution in [3.63, 3.8) is 0 Å². The molecule has 178 valence electrons. The van der Waals surface area contributed by atoms with Gasteiger partial charge in [-0.2, -0.15) is 13.2 Å². The van der Waals surface area contributed by atoms with Gasteiger partial charge in [-0.05, 0) is 61.3 Å². The Morgan fingerprint density at radius 1 is 0.971 bits per heavy atom. The van der Waals surface area contributed by atoms with E-state index in [-0.39, 0.29) is 5.69 Å². The molecule has 1 saturated heterocycles. The Labute approximate surface area is 200 Å². The number of rotatable bonds is 5. The summed E-state index contributed by atoms with van der Waals surface area (Å²) in [6.07, 6.45) is 1.32. The van der Waals surface area contributed by atoms with E-state index in [4.69, 9.17) is 0 Å². The van der Waals surface area contributed by atoms with Gasteiger partial charge in [-0.15, -0.1) is 0 Å². The van der Waals surface area contributed by atoms with Crippen molar-refractivity contribution < 1.29 is 18.0 Å². The number of pyridine rings is 2. The summed E-state index contributed by atoms with van der Waals surface area (Å²) in [6, 6.07) is 15.6. The maximum absolute atomic E-state index is 13.2. The van der Waals surface area contributed by atoms with Gasteiger partial charge in [-0.25, -0.2) is 4.98 Å². The Balaban J connectivity index is 1.42. The van der Waals surface area contributed by atoms with Gasteiger partial charge in [0.15, 0.2) is 0 Å². The Morgan fingerprint density at radius 3 is 2.57 bits per heavy atom. The van der Waals surface area contributed by atoms with Crippen molar-refractivity contribution in [1.29, 1.82) is 0 Å². The first-order valence-electron chi connectivity index (χ1n) is 11.4. The van der Waals surface area contributed by atoms with Crippen molar-refractivity contribution in [3.05, 3.63) is 89.9 Å². The molecule has 1 aliphatic heterocycles. The van der Waals surface area contributed by atoms with Crippen molar-refractivity contribution in [1.82, 2.24) is 14.9 Å². The number of hydrogen-bond acceptors (Lipinski definition) is 4. The van der Waals surface area contributed by atoms with Crippen LogP contribution in [0.25, 0.3) is 22.0 Å². The molecule has 1 N–H and O–H groups in total. The molecular weight excluding hydrogens is 453 g/mol. The number of nitrogens with zero attached hydrogens (tertiary/aromatic N) is 3. The highest BCUT2D eigenvalue weighted by atomic mass is 19.4. The summed E-state index contributed by atoms with van der Waals surface area (Å²) in [5.41, 5.74) is 2.39. The van der Waals surface area contributed by atoms with Crippen LogP contribution in [-0.2, 0) is 12.7 Å². The van der Waals surface area contributed by atoms with E-state index in [0.29, 0.717) is 22.3 Å². The monoisotopic (exact) mass is 476 g/mol. The first-order valence-corrected chi connectivity index (χ1v) is 11.4. The molecule has 4 aromatic rings. The van der Waals surface area contributed by atoms with Crippen LogP contribution in [0.4, 0.5) is 18.9 Å². The Hall–Kier alpha value is -3.78. The summed E-state index contributed by atoms with van der Waals surface area (Å²) in [7, 11) is 0. The fourth-order valence-electron chi connectivity index (χ4n) is 4.41. The summed E-state index contributed by atoms with van der Waals surface area (Å²) < 4.78 is 39.7. The number of anilines is 1. The smallest absolute Gasteiger partial charge is 0.319 e. The van der Waals surface area contributed by atoms with Crippen molar-refractivity contribution in [3.8, 4) is 11.1 Å². The normalized spacial score (nSPS) is 14.4. The Kier molecular flexibility index (Phi) is 6.21. The van der Waals surface area contributed by atoms with E-state index in [1.807, 2.05) is 12.1 Å². The standard InChI is InChI=1S/C27H23F3N4O/c28-27(29,30)21-7-3-6-20(14-21)23-8-4-5-19-9-10-24(33-25(19)23)26(35)32-22-13-18(15-31-16-22)17-34-11-1-2-12-34/h3-10,13-16H,1-2,11-12,17H2,(H,32,35). The number of halogens is 3. The van der Waals surface area contributed by atoms with E-state index >= 15 is 0 Å². The minimum Gasteiger partial charge on any atom is -0.319 e. The van der Waals surface area contributed by atoms with Gasteiger partial charge >= 0.3 is 6.18 Å². The molecule has 0 saturated carbocycles. The highest BCUT2D eigenvalue weighted by molar-refractivity contribution is 6.05. The number of alkyl halides is 3. The van der Waals surface area contributed by atoms with E-state index in [1.54, 1.807) is 42.7 Å². The number of fused-ring (bicyclic) bond motifs is 1. The maximum Gasteiger partial charge on any atom is 0.416 e. The molecule has 35 heavy (non-hydrogen) atoms. The second-order valence-electron chi connectivity index (χ2n) is 8.67. The van der Waals surface area contributed by atoms with Crippen molar-refractivity contribution >= 4 is 22.5 Å². The van der Waals surface area contributed by atoms with Gasteiger partial charge in [0.25, 0.3) is 5.91 Å². The second-order valence-corrected chi connectivity index (χ2v) is 8.67. The number of likely N-dealkylation sites (tertiary alicyclic amines) is 1. The number of hydrogen-bond donors (Lipinski definition) is 1. The molecule has 0 radical (unpaired) electrons. The van der Waals surface area contributed by atoms with Crippen LogP contribution in [0.1, 0.15) is 34.5 Å². The summed E-state index contributed by atoms with van der Waals surface area (Å²) in [5.74, 6) is -0.411. The quantitative estimate of drug-likeness (QED) is 0.375. The van der Waals surface area contributed by atoms with Crippen molar-refractivity contribution in [2.24, 2.45) is 0 Å². The van der Waals surface area contributed by atoms with Crippen molar-refractivity contribution in [2.75, 3.05) is 18.4 Å². The summed E-state index contributed by atoms with van der Waals surface area (Å²) in [5, 5.41) is 3.57. The minimum absolute atomic E-state index is 0.168. The lowest BCUT2D eigenvalue weighted by molar-refractivity contribution is -0.137. The van der Waals surface area contributed by atoms with Crippen LogP contribution in [0.5, 0.6) is 0 Å². The molecule has 0 unspecified atom stereocenters. The maximum atomic E-state index is 13.2. The van der Waals surface area contributed by atoms with Gasteiger partial charge in [-0.1, -0.05) is 36.4 Å². The first kappa shape index (κ1) is 23.0. The third kappa shape index (κ3) is 5.17. The van der Waals surface area contributed by atoms with Crippen LogP contribution >= 0.6 is 0 Å².